The fourth-order valence-electron chi connectivity index (χ4n) is 4.58. The van der Waals surface area contributed by atoms with Gasteiger partial charge in [0.15, 0.2) is 14.1 Å². The maximum atomic E-state index is 12.7. The first kappa shape index (κ1) is 34.5. The molecule has 3 rings (SSSR count). The molecule has 2 aromatic carbocycles. The normalized spacial score (nSPS) is 13.7. The fraction of sp³-hybridized carbons (Fsp3) is 0.455. The molecule has 1 heterocycles. The van der Waals surface area contributed by atoms with Crippen LogP contribution >= 0.6 is 0 Å². The van der Waals surface area contributed by atoms with Crippen LogP contribution < -0.4 is 10.3 Å². The molecule has 1 amide bonds. The molecule has 1 aromatic heterocycles. The van der Waals surface area contributed by atoms with Gasteiger partial charge in [0.1, 0.15) is 11.9 Å². The number of benzene rings is 2. The molecule has 44 heavy (non-hydrogen) atoms. The molecule has 0 bridgehead atoms. The highest BCUT2D eigenvalue weighted by molar-refractivity contribution is 6.74. The summed E-state index contributed by atoms with van der Waals surface area (Å²) in [5.41, 5.74) is 1.08. The average molecular weight is 625 g/mol. The molecular weight excluding hydrogens is 580 g/mol. The van der Waals surface area contributed by atoms with E-state index in [-0.39, 0.29) is 22.8 Å². The zero-order chi connectivity index (χ0) is 33.0. The Bertz CT molecular complexity index is 1570. The van der Waals surface area contributed by atoms with Crippen LogP contribution in [0.1, 0.15) is 76.1 Å². The van der Waals surface area contributed by atoms with Crippen LogP contribution in [0.15, 0.2) is 53.3 Å². The van der Waals surface area contributed by atoms with E-state index in [1.165, 1.54) is 11.0 Å². The molecule has 0 aliphatic heterocycles. The van der Waals surface area contributed by atoms with Gasteiger partial charge in [-0.1, -0.05) is 45.0 Å². The molecule has 0 spiro atoms. The third-order valence-electron chi connectivity index (χ3n) is 7.82. The molecule has 2 atom stereocenters. The molecule has 10 nitrogen and oxygen atoms in total. The Kier molecular flexibility index (Phi) is 10.5. The monoisotopic (exact) mass is 624 g/mol. The van der Waals surface area contributed by atoms with E-state index in [4.69, 9.17) is 13.9 Å². The van der Waals surface area contributed by atoms with E-state index in [2.05, 4.69) is 38.8 Å². The molecule has 0 aliphatic carbocycles. The SMILES string of the molecule is C[C@H](Cc1cccc(C=O)c1)N(C[C@@H](O[Si](C)(C)C(C)(C)C)c1ccc(OC(=O)OC(C)(C)C)c2[nH]c(=O)ccc12)C(=O)O. The van der Waals surface area contributed by atoms with Crippen LogP contribution in [0.5, 0.6) is 5.75 Å². The van der Waals surface area contributed by atoms with Crippen molar-refractivity contribution in [3.8, 4) is 5.75 Å². The van der Waals surface area contributed by atoms with Crippen LogP contribution in [-0.2, 0) is 15.6 Å². The lowest BCUT2D eigenvalue weighted by molar-refractivity contribution is 0.0208. The second kappa shape index (κ2) is 13.4. The fourth-order valence-corrected chi connectivity index (χ4v) is 5.84. The minimum atomic E-state index is -2.47. The number of hydrogen-bond donors (Lipinski definition) is 2. The van der Waals surface area contributed by atoms with Crippen LogP contribution in [0.2, 0.25) is 18.1 Å². The van der Waals surface area contributed by atoms with Crippen LogP contribution in [0, 0.1) is 0 Å². The highest BCUT2D eigenvalue weighted by atomic mass is 28.4. The molecule has 3 aromatic rings. The summed E-state index contributed by atoms with van der Waals surface area (Å²) < 4.78 is 17.7. The number of aldehydes is 1. The van der Waals surface area contributed by atoms with Gasteiger partial charge in [0.2, 0.25) is 5.56 Å². The number of aromatic amines is 1. The maximum absolute atomic E-state index is 12.7. The van der Waals surface area contributed by atoms with Gasteiger partial charge in [-0.25, -0.2) is 9.59 Å². The standard InChI is InChI=1S/C33H44N2O8Si/c1-21(17-22-11-10-12-23(18-22)20-36)35(30(38)39)19-27(43-44(8,9)33(5,6)7)24-13-15-26(41-31(40)42-32(2,3)4)29-25(24)14-16-28(37)34-29/h10-16,18,20-21,27H,17,19H2,1-9H3,(H,34,37)(H,38,39)/t21-,27-/m1/s1. The summed E-state index contributed by atoms with van der Waals surface area (Å²) >= 11 is 0. The molecule has 11 heteroatoms. The van der Waals surface area contributed by atoms with Gasteiger partial charge in [-0.3, -0.25) is 9.59 Å². The molecule has 2 N–H and O–H groups in total. The van der Waals surface area contributed by atoms with Gasteiger partial charge in [0, 0.05) is 23.1 Å². The van der Waals surface area contributed by atoms with Crippen molar-refractivity contribution in [2.75, 3.05) is 6.54 Å². The third kappa shape index (κ3) is 8.79. The summed E-state index contributed by atoms with van der Waals surface area (Å²) in [6, 6.07) is 12.9. The van der Waals surface area contributed by atoms with Gasteiger partial charge in [-0.2, -0.15) is 0 Å². The van der Waals surface area contributed by atoms with Crippen molar-refractivity contribution >= 4 is 37.8 Å². The molecular formula is C33H44N2O8Si. The quantitative estimate of drug-likeness (QED) is 0.104. The summed E-state index contributed by atoms with van der Waals surface area (Å²) in [5.74, 6) is 0.0975. The zero-order valence-corrected chi connectivity index (χ0v) is 28.0. The van der Waals surface area contributed by atoms with E-state index in [0.29, 0.717) is 22.9 Å². The Hall–Kier alpha value is -3.96. The van der Waals surface area contributed by atoms with Gasteiger partial charge >= 0.3 is 12.2 Å². The van der Waals surface area contributed by atoms with E-state index in [0.717, 1.165) is 11.8 Å². The Labute approximate surface area is 259 Å². The maximum Gasteiger partial charge on any atom is 0.514 e. The number of hydrogen-bond acceptors (Lipinski definition) is 7. The number of H-pyrrole nitrogens is 1. The Morgan fingerprint density at radius 2 is 1.73 bits per heavy atom. The van der Waals surface area contributed by atoms with Crippen molar-refractivity contribution in [1.29, 1.82) is 0 Å². The lowest BCUT2D eigenvalue weighted by atomic mass is 10.0. The van der Waals surface area contributed by atoms with E-state index >= 15 is 0 Å². The highest BCUT2D eigenvalue weighted by Crippen LogP contribution is 2.42. The predicted octanol–water partition coefficient (Wildman–Crippen LogP) is 7.33. The van der Waals surface area contributed by atoms with Crippen molar-refractivity contribution in [2.24, 2.45) is 0 Å². The number of carbonyl (C=O) groups excluding carboxylic acids is 2. The molecule has 0 saturated heterocycles. The lowest BCUT2D eigenvalue weighted by Gasteiger charge is -2.41. The highest BCUT2D eigenvalue weighted by Gasteiger charge is 2.41. The summed E-state index contributed by atoms with van der Waals surface area (Å²) in [6.45, 7) is 17.4. The number of amides is 1. The van der Waals surface area contributed by atoms with Crippen molar-refractivity contribution in [1.82, 2.24) is 9.88 Å². The number of nitrogens with zero attached hydrogens (tertiary/aromatic N) is 1. The van der Waals surface area contributed by atoms with Crippen molar-refractivity contribution < 1.29 is 33.4 Å². The molecule has 0 aliphatic rings. The second-order valence-corrected chi connectivity index (χ2v) is 18.3. The van der Waals surface area contributed by atoms with E-state index in [9.17, 15) is 24.3 Å². The summed E-state index contributed by atoms with van der Waals surface area (Å²) in [4.78, 5) is 53.0. The van der Waals surface area contributed by atoms with Crippen LogP contribution in [0.4, 0.5) is 9.59 Å². The average Bonchev–Trinajstić information content (AvgIpc) is 2.89. The summed E-state index contributed by atoms with van der Waals surface area (Å²) in [7, 11) is -2.47. The van der Waals surface area contributed by atoms with Crippen molar-refractivity contribution in [3.63, 3.8) is 0 Å². The first-order valence-electron chi connectivity index (χ1n) is 14.6. The van der Waals surface area contributed by atoms with Gasteiger partial charge in [0.25, 0.3) is 0 Å². The number of rotatable bonds is 10. The molecule has 0 radical (unpaired) electrons. The third-order valence-corrected chi connectivity index (χ3v) is 12.3. The minimum Gasteiger partial charge on any atom is -0.465 e. The molecule has 0 saturated carbocycles. The number of fused-ring (bicyclic) bond motifs is 1. The number of nitrogens with one attached hydrogen (secondary N) is 1. The van der Waals surface area contributed by atoms with Crippen molar-refractivity contribution in [2.45, 2.75) is 90.8 Å². The summed E-state index contributed by atoms with van der Waals surface area (Å²) in [6.07, 6.45) is -1.61. The molecule has 238 valence electrons. The van der Waals surface area contributed by atoms with E-state index in [1.807, 2.05) is 13.0 Å². The van der Waals surface area contributed by atoms with Crippen LogP contribution in [0.25, 0.3) is 10.9 Å². The largest absolute Gasteiger partial charge is 0.514 e. The smallest absolute Gasteiger partial charge is 0.465 e. The number of pyridine rings is 1. The number of carbonyl (C=O) groups is 3. The van der Waals surface area contributed by atoms with Gasteiger partial charge in [-0.15, -0.1) is 0 Å². The topological polar surface area (TPSA) is 135 Å². The lowest BCUT2D eigenvalue weighted by Crippen LogP contribution is -2.47. The van der Waals surface area contributed by atoms with E-state index < -0.39 is 43.9 Å². The number of carboxylic acid groups (broad SMARTS) is 1. The molecule has 0 fully saturated rings. The number of ether oxygens (including phenoxy) is 2. The first-order valence-corrected chi connectivity index (χ1v) is 17.5. The second-order valence-electron chi connectivity index (χ2n) is 13.5. The minimum absolute atomic E-state index is 0.00310. The number of aromatic nitrogens is 1. The molecule has 0 unspecified atom stereocenters. The van der Waals surface area contributed by atoms with E-state index in [1.54, 1.807) is 57.2 Å². The Morgan fingerprint density at radius 1 is 1.05 bits per heavy atom. The Balaban J connectivity index is 2.10. The van der Waals surface area contributed by atoms with Gasteiger partial charge in [0.05, 0.1) is 18.2 Å². The summed E-state index contributed by atoms with van der Waals surface area (Å²) in [5, 5.41) is 10.7. The van der Waals surface area contributed by atoms with Crippen molar-refractivity contribution in [3.05, 3.63) is 75.6 Å². The van der Waals surface area contributed by atoms with Crippen LogP contribution in [0.3, 0.4) is 0 Å². The predicted molar refractivity (Wildman–Crippen MR) is 172 cm³/mol. The van der Waals surface area contributed by atoms with Crippen LogP contribution in [-0.4, -0.2) is 60.0 Å². The van der Waals surface area contributed by atoms with Gasteiger partial charge in [-0.05, 0) is 81.6 Å². The van der Waals surface area contributed by atoms with Gasteiger partial charge < -0.3 is 28.9 Å². The zero-order valence-electron chi connectivity index (χ0n) is 27.0. The Morgan fingerprint density at radius 3 is 2.32 bits per heavy atom. The first-order chi connectivity index (χ1) is 20.3.